The molecule has 0 amide bonds. The Kier molecular flexibility index (Phi) is 5.89. The van der Waals surface area contributed by atoms with E-state index in [1.807, 2.05) is 18.2 Å². The first-order valence-electron chi connectivity index (χ1n) is 6.73. The van der Waals surface area contributed by atoms with Crippen LogP contribution in [0.25, 0.3) is 0 Å². The fourth-order valence-corrected chi connectivity index (χ4v) is 3.20. The molecular weight excluding hydrogens is 324 g/mol. The van der Waals surface area contributed by atoms with Crippen LogP contribution in [0.3, 0.4) is 0 Å². The number of hydrogen-bond donors (Lipinski definition) is 1. The first-order valence-corrected chi connectivity index (χ1v) is 7.90. The molecule has 1 heterocycles. The van der Waals surface area contributed by atoms with Crippen molar-refractivity contribution in [3.8, 4) is 0 Å². The molecule has 0 aromatic heterocycles. The van der Waals surface area contributed by atoms with Crippen LogP contribution in [0.5, 0.6) is 0 Å². The maximum Gasteiger partial charge on any atom is 0.0454 e. The molecule has 1 fully saturated rings. The number of nitrogens with one attached hydrogen (secondary N) is 1. The molecule has 0 radical (unpaired) electrons. The van der Waals surface area contributed by atoms with E-state index in [0.29, 0.717) is 6.04 Å². The summed E-state index contributed by atoms with van der Waals surface area (Å²) >= 11 is 9.95. The number of nitrogens with zero attached hydrogens (tertiary/aromatic N) is 1. The van der Waals surface area contributed by atoms with E-state index in [9.17, 15) is 0 Å². The van der Waals surface area contributed by atoms with Gasteiger partial charge in [-0.25, -0.2) is 0 Å². The number of rotatable bonds is 5. The molecule has 1 aliphatic heterocycles. The number of hydrogen-bond acceptors (Lipinski definition) is 2. The number of halogens is 2. The Morgan fingerprint density at radius 3 is 2.84 bits per heavy atom. The molecule has 0 spiro atoms. The third-order valence-corrected chi connectivity index (χ3v) is 4.39. The lowest BCUT2D eigenvalue weighted by Gasteiger charge is -2.35. The molecule has 0 aliphatic carbocycles. The van der Waals surface area contributed by atoms with Gasteiger partial charge in [0, 0.05) is 41.7 Å². The second-order valence-electron chi connectivity index (χ2n) is 4.83. The third kappa shape index (κ3) is 4.06. The first kappa shape index (κ1) is 15.0. The van der Waals surface area contributed by atoms with Gasteiger partial charge in [-0.3, -0.25) is 4.90 Å². The molecule has 0 saturated carbocycles. The summed E-state index contributed by atoms with van der Waals surface area (Å²) in [5.41, 5.74) is 1.22. The van der Waals surface area contributed by atoms with E-state index in [1.165, 1.54) is 5.56 Å². The Morgan fingerprint density at radius 1 is 1.42 bits per heavy atom. The highest BCUT2D eigenvalue weighted by Crippen LogP contribution is 2.33. The summed E-state index contributed by atoms with van der Waals surface area (Å²) in [6.45, 7) is 8.09. The van der Waals surface area contributed by atoms with Crippen LogP contribution in [0.15, 0.2) is 35.3 Å². The minimum absolute atomic E-state index is 0.380. The van der Waals surface area contributed by atoms with Crippen LogP contribution in [0.2, 0.25) is 5.02 Å². The van der Waals surface area contributed by atoms with Crippen molar-refractivity contribution in [1.82, 2.24) is 10.2 Å². The molecule has 1 aliphatic rings. The van der Waals surface area contributed by atoms with E-state index in [4.69, 9.17) is 11.6 Å². The van der Waals surface area contributed by atoms with Crippen LogP contribution < -0.4 is 5.32 Å². The van der Waals surface area contributed by atoms with Gasteiger partial charge in [0.25, 0.3) is 0 Å². The summed E-state index contributed by atoms with van der Waals surface area (Å²) in [5.74, 6) is 0. The molecule has 0 unspecified atom stereocenters. The van der Waals surface area contributed by atoms with Crippen LogP contribution in [-0.4, -0.2) is 31.1 Å². The smallest absolute Gasteiger partial charge is 0.0454 e. The van der Waals surface area contributed by atoms with E-state index in [2.05, 4.69) is 38.8 Å². The SMILES string of the molecule is C=CCC[C@H](c1cc(Br)ccc1Cl)N1CCNCC1. The van der Waals surface area contributed by atoms with Gasteiger partial charge in [-0.15, -0.1) is 6.58 Å². The first-order chi connectivity index (χ1) is 9.22. The fourth-order valence-electron chi connectivity index (χ4n) is 2.57. The van der Waals surface area contributed by atoms with Gasteiger partial charge in [0.1, 0.15) is 0 Å². The molecule has 1 aromatic carbocycles. The van der Waals surface area contributed by atoms with E-state index in [0.717, 1.165) is 48.5 Å². The topological polar surface area (TPSA) is 15.3 Å². The van der Waals surface area contributed by atoms with Crippen molar-refractivity contribution >= 4 is 27.5 Å². The molecule has 1 atom stereocenters. The maximum absolute atomic E-state index is 6.40. The van der Waals surface area contributed by atoms with Crippen LogP contribution in [0.1, 0.15) is 24.4 Å². The summed E-state index contributed by atoms with van der Waals surface area (Å²) in [7, 11) is 0. The molecule has 2 rings (SSSR count). The van der Waals surface area contributed by atoms with Crippen molar-refractivity contribution in [3.05, 3.63) is 45.9 Å². The molecule has 0 bridgehead atoms. The fraction of sp³-hybridized carbons (Fsp3) is 0.467. The zero-order valence-electron chi connectivity index (χ0n) is 11.0. The summed E-state index contributed by atoms with van der Waals surface area (Å²) < 4.78 is 1.09. The monoisotopic (exact) mass is 342 g/mol. The van der Waals surface area contributed by atoms with Gasteiger partial charge in [0.15, 0.2) is 0 Å². The minimum atomic E-state index is 0.380. The van der Waals surface area contributed by atoms with Gasteiger partial charge in [-0.1, -0.05) is 33.6 Å². The molecule has 1 saturated heterocycles. The summed E-state index contributed by atoms with van der Waals surface area (Å²) in [6.07, 6.45) is 4.07. The van der Waals surface area contributed by atoms with Gasteiger partial charge in [-0.05, 0) is 36.6 Å². The Balaban J connectivity index is 2.24. The van der Waals surface area contributed by atoms with Gasteiger partial charge >= 0.3 is 0 Å². The number of benzene rings is 1. The van der Waals surface area contributed by atoms with Gasteiger partial charge < -0.3 is 5.32 Å². The van der Waals surface area contributed by atoms with E-state index >= 15 is 0 Å². The molecule has 1 aromatic rings. The predicted molar refractivity (Wildman–Crippen MR) is 85.8 cm³/mol. The van der Waals surface area contributed by atoms with Gasteiger partial charge in [0.05, 0.1) is 0 Å². The highest BCUT2D eigenvalue weighted by molar-refractivity contribution is 9.10. The molecule has 104 valence electrons. The maximum atomic E-state index is 6.40. The zero-order valence-corrected chi connectivity index (χ0v) is 13.4. The van der Waals surface area contributed by atoms with Gasteiger partial charge in [-0.2, -0.15) is 0 Å². The van der Waals surface area contributed by atoms with Crippen molar-refractivity contribution in [3.63, 3.8) is 0 Å². The largest absolute Gasteiger partial charge is 0.314 e. The van der Waals surface area contributed by atoms with Crippen LogP contribution in [0, 0.1) is 0 Å². The lowest BCUT2D eigenvalue weighted by atomic mass is 9.99. The lowest BCUT2D eigenvalue weighted by molar-refractivity contribution is 0.166. The normalized spacial score (nSPS) is 18.2. The quantitative estimate of drug-likeness (QED) is 0.813. The second kappa shape index (κ2) is 7.44. The van der Waals surface area contributed by atoms with Crippen molar-refractivity contribution in [1.29, 1.82) is 0 Å². The average molecular weight is 344 g/mol. The van der Waals surface area contributed by atoms with E-state index in [1.54, 1.807) is 0 Å². The van der Waals surface area contributed by atoms with Crippen LogP contribution >= 0.6 is 27.5 Å². The third-order valence-electron chi connectivity index (χ3n) is 3.55. The van der Waals surface area contributed by atoms with E-state index in [-0.39, 0.29) is 0 Å². The van der Waals surface area contributed by atoms with Gasteiger partial charge in [0.2, 0.25) is 0 Å². The molecular formula is C15H20BrClN2. The Bertz CT molecular complexity index is 430. The van der Waals surface area contributed by atoms with E-state index < -0.39 is 0 Å². The zero-order chi connectivity index (χ0) is 13.7. The van der Waals surface area contributed by atoms with Crippen molar-refractivity contribution in [2.45, 2.75) is 18.9 Å². The van der Waals surface area contributed by atoms with Crippen LogP contribution in [0.4, 0.5) is 0 Å². The van der Waals surface area contributed by atoms with Crippen molar-refractivity contribution < 1.29 is 0 Å². The van der Waals surface area contributed by atoms with Crippen LogP contribution in [-0.2, 0) is 0 Å². The summed E-state index contributed by atoms with van der Waals surface area (Å²) in [4.78, 5) is 2.52. The molecule has 1 N–H and O–H groups in total. The minimum Gasteiger partial charge on any atom is -0.314 e. The number of allylic oxidation sites excluding steroid dienone is 1. The summed E-state index contributed by atoms with van der Waals surface area (Å²) in [5, 5.41) is 4.26. The standard InChI is InChI=1S/C15H20BrClN2/c1-2-3-4-15(19-9-7-18-8-10-19)13-11-12(16)5-6-14(13)17/h2,5-6,11,15,18H,1,3-4,7-10H2/t15-/m1/s1. The lowest BCUT2D eigenvalue weighted by Crippen LogP contribution is -2.45. The molecule has 4 heteroatoms. The van der Waals surface area contributed by atoms with Crippen molar-refractivity contribution in [2.75, 3.05) is 26.2 Å². The Hall–Kier alpha value is -0.350. The Morgan fingerprint density at radius 2 is 2.16 bits per heavy atom. The molecule has 2 nitrogen and oxygen atoms in total. The van der Waals surface area contributed by atoms with Crippen molar-refractivity contribution in [2.24, 2.45) is 0 Å². The highest BCUT2D eigenvalue weighted by atomic mass is 79.9. The highest BCUT2D eigenvalue weighted by Gasteiger charge is 2.23. The average Bonchev–Trinajstić information content (AvgIpc) is 2.44. The Labute approximate surface area is 129 Å². The number of piperazine rings is 1. The predicted octanol–water partition coefficient (Wildman–Crippen LogP) is 4.02. The summed E-state index contributed by atoms with van der Waals surface area (Å²) in [6, 6.07) is 6.50. The second-order valence-corrected chi connectivity index (χ2v) is 6.16. The molecule has 19 heavy (non-hydrogen) atoms.